The van der Waals surface area contributed by atoms with Crippen LogP contribution in [-0.4, -0.2) is 47.4 Å². The van der Waals surface area contributed by atoms with Crippen LogP contribution in [0.25, 0.3) is 0 Å². The van der Waals surface area contributed by atoms with Crippen LogP contribution in [0.1, 0.15) is 31.4 Å². The van der Waals surface area contributed by atoms with Crippen molar-refractivity contribution in [2.75, 3.05) is 13.7 Å². The molecule has 0 bridgehead atoms. The first-order valence-corrected chi connectivity index (χ1v) is 13.4. The molecule has 2 unspecified atom stereocenters. The summed E-state index contributed by atoms with van der Waals surface area (Å²) < 4.78 is 10.8. The van der Waals surface area contributed by atoms with Crippen molar-refractivity contribution in [2.45, 2.75) is 45.3 Å². The van der Waals surface area contributed by atoms with E-state index >= 15 is 0 Å². The van der Waals surface area contributed by atoms with E-state index in [1.165, 1.54) is 30.2 Å². The largest absolute Gasteiger partial charge is 0.490 e. The van der Waals surface area contributed by atoms with Gasteiger partial charge in [0.15, 0.2) is 6.61 Å². The molecule has 0 heterocycles. The molecule has 212 valence electrons. The summed E-state index contributed by atoms with van der Waals surface area (Å²) in [7, 11) is 1.30. The molecule has 2 amide bonds. The number of nitrogens with zero attached hydrogens (tertiary/aromatic N) is 2. The van der Waals surface area contributed by atoms with Gasteiger partial charge in [0.05, 0.1) is 12.0 Å². The fourth-order valence-electron chi connectivity index (χ4n) is 3.98. The highest BCUT2D eigenvalue weighted by Crippen LogP contribution is 2.31. The van der Waals surface area contributed by atoms with E-state index in [1.807, 2.05) is 44.2 Å². The smallest absolute Gasteiger partial charge is 0.311 e. The van der Waals surface area contributed by atoms with E-state index in [4.69, 9.17) is 32.7 Å². The van der Waals surface area contributed by atoms with Crippen LogP contribution in [0.15, 0.2) is 66.7 Å². The number of nitrogens with one attached hydrogen (secondary N) is 1. The van der Waals surface area contributed by atoms with Gasteiger partial charge in [0.2, 0.25) is 11.7 Å². The minimum absolute atomic E-state index is 0.00969. The Bertz CT molecular complexity index is 1320. The number of carbonyl (C=O) groups excluding carboxylic acids is 2. The molecule has 1 N–H and O–H groups in total. The summed E-state index contributed by atoms with van der Waals surface area (Å²) in [6.07, 6.45) is 0.946. The third-order valence-electron chi connectivity index (χ3n) is 6.37. The van der Waals surface area contributed by atoms with Crippen LogP contribution in [0.5, 0.6) is 11.5 Å². The molecule has 0 spiro atoms. The third kappa shape index (κ3) is 8.09. The number of rotatable bonds is 13. The van der Waals surface area contributed by atoms with Crippen LogP contribution < -0.4 is 14.8 Å². The van der Waals surface area contributed by atoms with Gasteiger partial charge in [-0.3, -0.25) is 19.7 Å². The second kappa shape index (κ2) is 14.5. The number of methoxy groups -OCH3 is 1. The summed E-state index contributed by atoms with van der Waals surface area (Å²) in [4.78, 5) is 39.4. The van der Waals surface area contributed by atoms with Gasteiger partial charge < -0.3 is 19.7 Å². The molecule has 0 aliphatic heterocycles. The first-order chi connectivity index (χ1) is 19.1. The highest BCUT2D eigenvalue weighted by Gasteiger charge is 2.32. The molecule has 0 aromatic heterocycles. The molecule has 3 aromatic carbocycles. The number of hydrogen-bond acceptors (Lipinski definition) is 6. The average Bonchev–Trinajstić information content (AvgIpc) is 2.95. The summed E-state index contributed by atoms with van der Waals surface area (Å²) in [5.74, 6) is -0.653. The van der Waals surface area contributed by atoms with Gasteiger partial charge in [-0.25, -0.2) is 0 Å². The number of halogens is 2. The lowest BCUT2D eigenvalue weighted by Gasteiger charge is -2.32. The zero-order chi connectivity index (χ0) is 29.2. The summed E-state index contributed by atoms with van der Waals surface area (Å²) >= 11 is 12.9. The number of nitro benzene ring substituents is 1. The maximum Gasteiger partial charge on any atom is 0.311 e. The molecular formula is C29H31Cl2N3O6. The van der Waals surface area contributed by atoms with Crippen molar-refractivity contribution in [3.05, 3.63) is 98.0 Å². The van der Waals surface area contributed by atoms with Crippen molar-refractivity contribution in [1.82, 2.24) is 10.2 Å². The molecule has 0 aliphatic carbocycles. The van der Waals surface area contributed by atoms with Crippen molar-refractivity contribution >= 4 is 40.7 Å². The van der Waals surface area contributed by atoms with Gasteiger partial charge in [0.1, 0.15) is 11.8 Å². The first-order valence-electron chi connectivity index (χ1n) is 12.7. The highest BCUT2D eigenvalue weighted by molar-refractivity contribution is 6.36. The Labute approximate surface area is 243 Å². The standard InChI is InChI=1S/C29H31Cl2N3O6/c1-4-19(2)32-29(36)26(15-20-9-6-5-7-10-20)33(17-22-23(30)11-8-12-24(22)31)28(35)18-40-21-13-14-25(34(37)38)27(16-21)39-3/h5-14,16,19,26H,4,15,17-18H2,1-3H3,(H,32,36). The summed E-state index contributed by atoms with van der Waals surface area (Å²) in [5.41, 5.74) is 1.11. The predicted molar refractivity (Wildman–Crippen MR) is 154 cm³/mol. The number of hydrogen-bond donors (Lipinski definition) is 1. The van der Waals surface area contributed by atoms with Crippen molar-refractivity contribution in [3.63, 3.8) is 0 Å². The highest BCUT2D eigenvalue weighted by atomic mass is 35.5. The van der Waals surface area contributed by atoms with Crippen molar-refractivity contribution in [1.29, 1.82) is 0 Å². The Hall–Kier alpha value is -3.82. The number of amides is 2. The summed E-state index contributed by atoms with van der Waals surface area (Å²) in [5, 5.41) is 14.9. The molecule has 3 aromatic rings. The summed E-state index contributed by atoms with van der Waals surface area (Å²) in [6.45, 7) is 3.34. The Morgan fingerprint density at radius 1 is 1.05 bits per heavy atom. The van der Waals surface area contributed by atoms with E-state index in [9.17, 15) is 19.7 Å². The maximum absolute atomic E-state index is 13.8. The molecule has 11 heteroatoms. The van der Waals surface area contributed by atoms with E-state index in [2.05, 4.69) is 5.32 Å². The topological polar surface area (TPSA) is 111 Å². The van der Waals surface area contributed by atoms with Crippen molar-refractivity contribution in [2.24, 2.45) is 0 Å². The molecule has 9 nitrogen and oxygen atoms in total. The first kappa shape index (κ1) is 30.7. The Morgan fingerprint density at radius 3 is 2.33 bits per heavy atom. The number of nitro groups is 1. The quantitative estimate of drug-likeness (QED) is 0.198. The van der Waals surface area contributed by atoms with Gasteiger partial charge in [-0.1, -0.05) is 66.5 Å². The fraction of sp³-hybridized carbons (Fsp3) is 0.310. The molecule has 0 saturated heterocycles. The van der Waals surface area contributed by atoms with E-state index in [0.717, 1.165) is 5.56 Å². The average molecular weight is 588 g/mol. The monoisotopic (exact) mass is 587 g/mol. The molecular weight excluding hydrogens is 557 g/mol. The SMILES string of the molecule is CCC(C)NC(=O)C(Cc1ccccc1)N(Cc1c(Cl)cccc1Cl)C(=O)COc1ccc([N+](=O)[O-])c(OC)c1. The van der Waals surface area contributed by atoms with Gasteiger partial charge in [0, 0.05) is 46.7 Å². The molecule has 2 atom stereocenters. The lowest BCUT2D eigenvalue weighted by atomic mass is 10.0. The fourth-order valence-corrected chi connectivity index (χ4v) is 4.49. The number of benzene rings is 3. The molecule has 40 heavy (non-hydrogen) atoms. The number of carbonyl (C=O) groups is 2. The van der Waals surface area contributed by atoms with Crippen LogP contribution in [0.4, 0.5) is 5.69 Å². The molecule has 3 rings (SSSR count). The van der Waals surface area contributed by atoms with E-state index in [0.29, 0.717) is 22.0 Å². The van der Waals surface area contributed by atoms with Gasteiger partial charge in [-0.15, -0.1) is 0 Å². The Balaban J connectivity index is 1.97. The molecule has 0 fully saturated rings. The van der Waals surface area contributed by atoms with Gasteiger partial charge in [0.25, 0.3) is 5.91 Å². The van der Waals surface area contributed by atoms with Gasteiger partial charge in [-0.05, 0) is 37.1 Å². The van der Waals surface area contributed by atoms with Crippen molar-refractivity contribution < 1.29 is 24.0 Å². The lowest BCUT2D eigenvalue weighted by molar-refractivity contribution is -0.385. The maximum atomic E-state index is 13.8. The minimum Gasteiger partial charge on any atom is -0.490 e. The van der Waals surface area contributed by atoms with Crippen molar-refractivity contribution in [3.8, 4) is 11.5 Å². The molecule has 0 radical (unpaired) electrons. The van der Waals surface area contributed by atoms with Crippen LogP contribution in [0.3, 0.4) is 0 Å². The normalized spacial score (nSPS) is 12.2. The minimum atomic E-state index is -0.911. The van der Waals surface area contributed by atoms with Gasteiger partial charge >= 0.3 is 5.69 Å². The van der Waals surface area contributed by atoms with E-state index in [1.54, 1.807) is 18.2 Å². The Kier molecular flexibility index (Phi) is 11.2. The van der Waals surface area contributed by atoms with Crippen LogP contribution in [0.2, 0.25) is 10.0 Å². The Morgan fingerprint density at radius 2 is 1.73 bits per heavy atom. The van der Waals surface area contributed by atoms with Crippen LogP contribution >= 0.6 is 23.2 Å². The van der Waals surface area contributed by atoms with Gasteiger partial charge in [-0.2, -0.15) is 0 Å². The lowest BCUT2D eigenvalue weighted by Crippen LogP contribution is -2.53. The molecule has 0 saturated carbocycles. The second-order valence-electron chi connectivity index (χ2n) is 9.12. The van der Waals surface area contributed by atoms with Crippen LogP contribution in [0, 0.1) is 10.1 Å². The van der Waals surface area contributed by atoms with E-state index in [-0.39, 0.29) is 42.1 Å². The predicted octanol–water partition coefficient (Wildman–Crippen LogP) is 5.84. The van der Waals surface area contributed by atoms with Crippen LogP contribution in [-0.2, 0) is 22.6 Å². The van der Waals surface area contributed by atoms with E-state index < -0.39 is 23.5 Å². The zero-order valence-electron chi connectivity index (χ0n) is 22.4. The zero-order valence-corrected chi connectivity index (χ0v) is 23.9. The summed E-state index contributed by atoms with van der Waals surface area (Å²) in [6, 6.07) is 17.3. The molecule has 0 aliphatic rings. The third-order valence-corrected chi connectivity index (χ3v) is 7.08. The second-order valence-corrected chi connectivity index (χ2v) is 9.94. The number of ether oxygens (including phenoxy) is 2.